The Labute approximate surface area is 236 Å². The van der Waals surface area contributed by atoms with Gasteiger partial charge in [-0.2, -0.15) is 9.97 Å². The normalized spacial score (nSPS) is 18.4. The molecule has 0 amide bonds. The Balaban J connectivity index is 1.39. The van der Waals surface area contributed by atoms with Gasteiger partial charge in [0.1, 0.15) is 31.6 Å². The van der Waals surface area contributed by atoms with Crippen molar-refractivity contribution in [3.8, 4) is 5.88 Å². The number of aryl methyl sites for hydroxylation is 2. The van der Waals surface area contributed by atoms with Gasteiger partial charge in [-0.05, 0) is 38.1 Å². The van der Waals surface area contributed by atoms with Gasteiger partial charge in [-0.25, -0.2) is 14.6 Å². The molecule has 0 aliphatic carbocycles. The minimum Gasteiger partial charge on any atom is -0.474 e. The molecule has 0 radical (unpaired) electrons. The Kier molecular flexibility index (Phi) is 8.41. The van der Waals surface area contributed by atoms with Gasteiger partial charge in [-0.1, -0.05) is 35.4 Å². The average Bonchev–Trinajstić information content (AvgIpc) is 3.56. The van der Waals surface area contributed by atoms with E-state index in [1.165, 1.54) is 6.33 Å². The Morgan fingerprint density at radius 1 is 0.976 bits per heavy atom. The van der Waals surface area contributed by atoms with Gasteiger partial charge in [0.2, 0.25) is 11.8 Å². The van der Waals surface area contributed by atoms with Gasteiger partial charge < -0.3 is 29.4 Å². The lowest BCUT2D eigenvalue weighted by atomic mass is 10.1. The lowest BCUT2D eigenvalue weighted by Crippen LogP contribution is -2.32. The molecular formula is C29H31N5O7. The molecule has 1 aliphatic heterocycles. The maximum atomic E-state index is 13.0. The van der Waals surface area contributed by atoms with Crippen LogP contribution in [0.2, 0.25) is 0 Å². The molecule has 0 bridgehead atoms. The minimum atomic E-state index is -0.756. The molecule has 2 aromatic carbocycles. The molecule has 1 fully saturated rings. The summed E-state index contributed by atoms with van der Waals surface area (Å²) in [4.78, 5) is 38.5. The van der Waals surface area contributed by atoms with Crippen molar-refractivity contribution < 1.29 is 33.3 Å². The van der Waals surface area contributed by atoms with Crippen LogP contribution in [0.15, 0.2) is 54.9 Å². The molecule has 3 atom stereocenters. The van der Waals surface area contributed by atoms with Gasteiger partial charge in [0.25, 0.3) is 0 Å². The van der Waals surface area contributed by atoms with E-state index in [1.807, 2.05) is 38.1 Å². The number of benzene rings is 2. The Bertz CT molecular complexity index is 1520. The van der Waals surface area contributed by atoms with E-state index in [2.05, 4.69) is 15.0 Å². The predicted octanol–water partition coefficient (Wildman–Crippen LogP) is 3.42. The number of hydrogen-bond acceptors (Lipinski definition) is 11. The fourth-order valence-corrected chi connectivity index (χ4v) is 4.44. The summed E-state index contributed by atoms with van der Waals surface area (Å²) < 4.78 is 30.3. The van der Waals surface area contributed by atoms with Gasteiger partial charge in [-0.3, -0.25) is 4.57 Å². The largest absolute Gasteiger partial charge is 0.474 e. The zero-order chi connectivity index (χ0) is 28.9. The first-order valence-corrected chi connectivity index (χ1v) is 13.1. The van der Waals surface area contributed by atoms with E-state index in [9.17, 15) is 9.59 Å². The fraction of sp³-hybridized carbons (Fsp3) is 0.345. The number of rotatable bonds is 10. The minimum absolute atomic E-state index is 0.00769. The second-order valence-corrected chi connectivity index (χ2v) is 9.69. The van der Waals surface area contributed by atoms with Crippen molar-refractivity contribution in [2.24, 2.45) is 0 Å². The lowest BCUT2D eigenvalue weighted by molar-refractivity contribution is -0.0563. The molecule has 2 N–H and O–H groups in total. The van der Waals surface area contributed by atoms with Gasteiger partial charge in [0.05, 0.1) is 24.1 Å². The van der Waals surface area contributed by atoms with Gasteiger partial charge >= 0.3 is 11.9 Å². The van der Waals surface area contributed by atoms with Crippen LogP contribution in [0.25, 0.3) is 11.2 Å². The van der Waals surface area contributed by atoms with Crippen molar-refractivity contribution in [1.29, 1.82) is 0 Å². The van der Waals surface area contributed by atoms with Crippen LogP contribution in [0.3, 0.4) is 0 Å². The smallest absolute Gasteiger partial charge is 0.338 e. The van der Waals surface area contributed by atoms with E-state index in [1.54, 1.807) is 35.9 Å². The molecule has 0 spiro atoms. The molecule has 1 aliphatic rings. The number of nitrogens with zero attached hydrogens (tertiary/aromatic N) is 4. The number of nitrogen functional groups attached to an aromatic ring is 1. The maximum Gasteiger partial charge on any atom is 0.338 e. The van der Waals surface area contributed by atoms with Crippen LogP contribution in [0.5, 0.6) is 5.88 Å². The third-order valence-corrected chi connectivity index (χ3v) is 6.64. The van der Waals surface area contributed by atoms with Crippen molar-refractivity contribution in [2.75, 3.05) is 32.7 Å². The number of aromatic nitrogens is 4. The number of carbonyl (C=O) groups excluding carboxylic acids is 2. The third-order valence-electron chi connectivity index (χ3n) is 6.64. The summed E-state index contributed by atoms with van der Waals surface area (Å²) in [6.45, 7) is 4.30. The first-order valence-electron chi connectivity index (χ1n) is 13.1. The highest BCUT2D eigenvalue weighted by Gasteiger charge is 2.41. The zero-order valence-electron chi connectivity index (χ0n) is 23.0. The number of esters is 2. The molecule has 12 nitrogen and oxygen atoms in total. The zero-order valence-corrected chi connectivity index (χ0v) is 23.0. The summed E-state index contributed by atoms with van der Waals surface area (Å²) in [7, 11) is 1.56. The number of methoxy groups -OCH3 is 1. The van der Waals surface area contributed by atoms with Crippen LogP contribution in [0.4, 0.5) is 5.95 Å². The molecule has 0 saturated carbocycles. The Morgan fingerprint density at radius 3 is 2.29 bits per heavy atom. The van der Waals surface area contributed by atoms with Crippen LogP contribution < -0.4 is 10.5 Å². The number of carbonyl (C=O) groups is 2. The second-order valence-electron chi connectivity index (χ2n) is 9.69. The molecule has 4 aromatic rings. The maximum absolute atomic E-state index is 13.0. The highest BCUT2D eigenvalue weighted by molar-refractivity contribution is 5.90. The second kappa shape index (κ2) is 12.3. The van der Waals surface area contributed by atoms with E-state index in [0.29, 0.717) is 28.9 Å². The van der Waals surface area contributed by atoms with Crippen LogP contribution >= 0.6 is 0 Å². The van der Waals surface area contributed by atoms with Crippen molar-refractivity contribution in [2.45, 2.75) is 38.7 Å². The number of anilines is 1. The van der Waals surface area contributed by atoms with Crippen molar-refractivity contribution >= 4 is 29.1 Å². The summed E-state index contributed by atoms with van der Waals surface area (Å²) in [6.07, 6.45) is -0.363. The summed E-state index contributed by atoms with van der Waals surface area (Å²) in [5.74, 6) is -0.794. The van der Waals surface area contributed by atoms with Crippen LogP contribution in [-0.4, -0.2) is 70.6 Å². The quantitative estimate of drug-likeness (QED) is 0.224. The molecule has 41 heavy (non-hydrogen) atoms. The summed E-state index contributed by atoms with van der Waals surface area (Å²) in [6, 6.07) is 14.1. The molecule has 0 unspecified atom stereocenters. The Morgan fingerprint density at radius 2 is 1.63 bits per heavy atom. The number of imidazole rings is 1. The van der Waals surface area contributed by atoms with Crippen molar-refractivity contribution in [3.63, 3.8) is 0 Å². The van der Waals surface area contributed by atoms with Crippen LogP contribution in [0.1, 0.15) is 44.5 Å². The van der Waals surface area contributed by atoms with E-state index in [0.717, 1.165) is 11.1 Å². The molecule has 214 valence electrons. The molecule has 3 heterocycles. The van der Waals surface area contributed by atoms with Gasteiger partial charge in [-0.15, -0.1) is 0 Å². The molecule has 5 rings (SSSR count). The number of nitrogens with two attached hydrogens (primary N) is 1. The van der Waals surface area contributed by atoms with Gasteiger partial charge in [0.15, 0.2) is 11.2 Å². The first-order chi connectivity index (χ1) is 19.8. The van der Waals surface area contributed by atoms with E-state index < -0.39 is 30.4 Å². The lowest BCUT2D eigenvalue weighted by Gasteiger charge is -2.19. The highest BCUT2D eigenvalue weighted by Crippen LogP contribution is 2.36. The molecule has 2 aromatic heterocycles. The molecule has 1 saturated heterocycles. The van der Waals surface area contributed by atoms with E-state index in [4.69, 9.17) is 29.4 Å². The van der Waals surface area contributed by atoms with Crippen molar-refractivity contribution in [3.05, 3.63) is 77.1 Å². The number of ether oxygens (including phenoxy) is 5. The first kappa shape index (κ1) is 28.0. The van der Waals surface area contributed by atoms with E-state index >= 15 is 0 Å². The van der Waals surface area contributed by atoms with E-state index in [-0.39, 0.29) is 31.5 Å². The fourth-order valence-electron chi connectivity index (χ4n) is 4.44. The van der Waals surface area contributed by atoms with Crippen LogP contribution in [0, 0.1) is 13.8 Å². The van der Waals surface area contributed by atoms with Gasteiger partial charge in [0, 0.05) is 13.5 Å². The summed E-state index contributed by atoms with van der Waals surface area (Å²) in [5, 5.41) is 0. The monoisotopic (exact) mass is 561 g/mol. The molecular weight excluding hydrogens is 530 g/mol. The number of fused-ring (bicyclic) bond motifs is 1. The van der Waals surface area contributed by atoms with Crippen LogP contribution in [-0.2, 0) is 18.9 Å². The van der Waals surface area contributed by atoms with Crippen molar-refractivity contribution in [1.82, 2.24) is 19.5 Å². The number of hydrogen-bond donors (Lipinski definition) is 1. The SMILES string of the molecule is COCCOc1nc(N)nc2ncn([C@H]3C[C@H](OC(=O)c4ccc(C)cc4)[C@@H](COC(=O)c4ccc(C)cc4)O3)c12. The topological polar surface area (TPSA) is 150 Å². The third kappa shape index (κ3) is 6.44. The summed E-state index contributed by atoms with van der Waals surface area (Å²) >= 11 is 0. The Hall–Kier alpha value is -4.55. The summed E-state index contributed by atoms with van der Waals surface area (Å²) in [5.41, 5.74) is 9.49. The highest BCUT2D eigenvalue weighted by atomic mass is 16.6. The standard InChI is InChI=1S/C29H31N5O7/c1-17-4-8-19(9-5-17)27(35)39-15-22-21(41-28(36)20-10-6-18(2)7-11-20)14-23(40-22)34-16-31-25-24(34)26(33-29(30)32-25)38-13-12-37-3/h4-11,16,21-23H,12-15H2,1-3H3,(H2,30,32,33)/t21-,22+,23+/m0/s1. The molecule has 12 heteroatoms. The predicted molar refractivity (Wildman–Crippen MR) is 147 cm³/mol. The average molecular weight is 562 g/mol.